The molecule has 0 spiro atoms. The normalized spacial score (nSPS) is 10.6. The Morgan fingerprint density at radius 2 is 1.75 bits per heavy atom. The third-order valence-corrected chi connectivity index (χ3v) is 4.98. The molecule has 0 aliphatic rings. The second-order valence-corrected chi connectivity index (χ2v) is 6.95. The van der Waals surface area contributed by atoms with Gasteiger partial charge in [0.15, 0.2) is 23.2 Å². The van der Waals surface area contributed by atoms with E-state index in [9.17, 15) is 4.79 Å². The number of methoxy groups -OCH3 is 1. The van der Waals surface area contributed by atoms with Crippen LogP contribution in [-0.4, -0.2) is 24.6 Å². The summed E-state index contributed by atoms with van der Waals surface area (Å²) in [6, 6.07) is 21.6. The Hall–Kier alpha value is -3.38. The number of rotatable bonds is 6. The van der Waals surface area contributed by atoms with Crippen molar-refractivity contribution in [1.82, 2.24) is 4.98 Å². The molecule has 3 aromatic carbocycles. The summed E-state index contributed by atoms with van der Waals surface area (Å²) in [7, 11) is 1.56. The molecule has 0 atom stereocenters. The van der Waals surface area contributed by atoms with Crippen molar-refractivity contribution >= 4 is 33.1 Å². The van der Waals surface area contributed by atoms with E-state index in [2.05, 4.69) is 34.6 Å². The second-order valence-electron chi connectivity index (χ2n) is 6.09. The minimum absolute atomic E-state index is 0.120. The number of carbonyl (C=O) groups is 1. The van der Waals surface area contributed by atoms with Crippen LogP contribution in [0.1, 0.15) is 0 Å². The Balaban J connectivity index is 1.42. The maximum atomic E-state index is 12.2. The topological polar surface area (TPSA) is 60.5 Å². The molecule has 5 nitrogen and oxygen atoms in total. The van der Waals surface area contributed by atoms with E-state index in [0.717, 1.165) is 16.6 Å². The van der Waals surface area contributed by atoms with Crippen molar-refractivity contribution < 1.29 is 14.3 Å². The summed E-state index contributed by atoms with van der Waals surface area (Å²) in [5.74, 6) is 0.838. The van der Waals surface area contributed by atoms with Gasteiger partial charge >= 0.3 is 0 Å². The highest BCUT2D eigenvalue weighted by Crippen LogP contribution is 2.28. The number of carbonyl (C=O) groups excluding carboxylic acids is 1. The van der Waals surface area contributed by atoms with Gasteiger partial charge in [0.1, 0.15) is 0 Å². The number of hydrogen-bond acceptors (Lipinski definition) is 5. The fourth-order valence-corrected chi connectivity index (χ4v) is 3.58. The van der Waals surface area contributed by atoms with E-state index in [-0.39, 0.29) is 12.5 Å². The molecular weight excluding hydrogens is 372 g/mol. The Labute approximate surface area is 166 Å². The number of anilines is 1. The summed E-state index contributed by atoms with van der Waals surface area (Å²) in [5, 5.41) is 7.59. The van der Waals surface area contributed by atoms with E-state index in [0.29, 0.717) is 16.6 Å². The maximum Gasteiger partial charge on any atom is 0.264 e. The molecule has 0 aliphatic heterocycles. The first-order valence-corrected chi connectivity index (χ1v) is 9.61. The Kier molecular flexibility index (Phi) is 5.21. The number of para-hydroxylation sites is 2. The maximum absolute atomic E-state index is 12.2. The van der Waals surface area contributed by atoms with Gasteiger partial charge in [-0.25, -0.2) is 4.98 Å². The van der Waals surface area contributed by atoms with Crippen LogP contribution in [0, 0.1) is 0 Å². The number of ether oxygens (including phenoxy) is 2. The number of aromatic nitrogens is 1. The molecule has 0 radical (unpaired) electrons. The van der Waals surface area contributed by atoms with Gasteiger partial charge < -0.3 is 9.47 Å². The van der Waals surface area contributed by atoms with Crippen LogP contribution in [0.3, 0.4) is 0 Å². The highest BCUT2D eigenvalue weighted by molar-refractivity contribution is 7.14. The van der Waals surface area contributed by atoms with Gasteiger partial charge in [0.25, 0.3) is 5.91 Å². The molecule has 0 aliphatic carbocycles. The highest BCUT2D eigenvalue weighted by atomic mass is 32.1. The van der Waals surface area contributed by atoms with Gasteiger partial charge in [-0.2, -0.15) is 0 Å². The first-order chi connectivity index (χ1) is 13.7. The van der Waals surface area contributed by atoms with E-state index in [1.54, 1.807) is 19.2 Å². The van der Waals surface area contributed by atoms with Gasteiger partial charge in [0.2, 0.25) is 0 Å². The minimum Gasteiger partial charge on any atom is -0.493 e. The quantitative estimate of drug-likeness (QED) is 0.504. The smallest absolute Gasteiger partial charge is 0.264 e. The second kappa shape index (κ2) is 8.10. The van der Waals surface area contributed by atoms with Crippen LogP contribution < -0.4 is 14.8 Å². The summed E-state index contributed by atoms with van der Waals surface area (Å²) in [6.45, 7) is -0.120. The minimum atomic E-state index is -0.273. The Bertz CT molecular complexity index is 1120. The molecule has 0 unspecified atom stereocenters. The monoisotopic (exact) mass is 390 g/mol. The molecule has 0 fully saturated rings. The Morgan fingerprint density at radius 1 is 1.00 bits per heavy atom. The number of amides is 1. The highest BCUT2D eigenvalue weighted by Gasteiger charge is 2.11. The van der Waals surface area contributed by atoms with Crippen LogP contribution in [0.25, 0.3) is 22.0 Å². The van der Waals surface area contributed by atoms with Gasteiger partial charge in [-0.15, -0.1) is 11.3 Å². The zero-order chi connectivity index (χ0) is 19.3. The van der Waals surface area contributed by atoms with Crippen LogP contribution in [0.5, 0.6) is 11.5 Å². The van der Waals surface area contributed by atoms with Crippen molar-refractivity contribution in [3.8, 4) is 22.8 Å². The standard InChI is InChI=1S/C22H18N2O3S/c1-26-19-8-4-5-9-20(19)27-13-21(25)24-22-23-18(14-28-22)17-11-10-15-6-2-3-7-16(15)12-17/h2-12,14H,13H2,1H3,(H,23,24,25). The van der Waals surface area contributed by atoms with Crippen molar-refractivity contribution in [3.63, 3.8) is 0 Å². The van der Waals surface area contributed by atoms with Gasteiger partial charge in [-0.3, -0.25) is 10.1 Å². The molecular formula is C22H18N2O3S. The van der Waals surface area contributed by atoms with Crippen LogP contribution >= 0.6 is 11.3 Å². The average Bonchev–Trinajstić information content (AvgIpc) is 3.20. The summed E-state index contributed by atoms with van der Waals surface area (Å²) < 4.78 is 10.8. The summed E-state index contributed by atoms with van der Waals surface area (Å²) in [4.78, 5) is 16.7. The van der Waals surface area contributed by atoms with Gasteiger partial charge in [-0.1, -0.05) is 48.5 Å². The number of nitrogens with one attached hydrogen (secondary N) is 1. The molecule has 6 heteroatoms. The fourth-order valence-electron chi connectivity index (χ4n) is 2.85. The first kappa shape index (κ1) is 18.0. The molecule has 0 bridgehead atoms. The van der Waals surface area contributed by atoms with E-state index in [1.807, 2.05) is 35.7 Å². The lowest BCUT2D eigenvalue weighted by Crippen LogP contribution is -2.20. The number of fused-ring (bicyclic) bond motifs is 1. The lowest BCUT2D eigenvalue weighted by Gasteiger charge is -2.09. The lowest BCUT2D eigenvalue weighted by atomic mass is 10.1. The zero-order valence-corrected chi connectivity index (χ0v) is 16.0. The van der Waals surface area contributed by atoms with Gasteiger partial charge in [0.05, 0.1) is 12.8 Å². The fraction of sp³-hybridized carbons (Fsp3) is 0.0909. The molecule has 4 aromatic rings. The molecule has 140 valence electrons. The predicted molar refractivity (Wildman–Crippen MR) is 112 cm³/mol. The predicted octanol–water partition coefficient (Wildman–Crippen LogP) is 4.99. The van der Waals surface area contributed by atoms with Gasteiger partial charge in [-0.05, 0) is 29.0 Å². The molecule has 1 N–H and O–H groups in total. The van der Waals surface area contributed by atoms with E-state index in [4.69, 9.17) is 9.47 Å². The van der Waals surface area contributed by atoms with Crippen LogP contribution in [0.15, 0.2) is 72.1 Å². The summed E-state index contributed by atoms with van der Waals surface area (Å²) in [5.41, 5.74) is 1.84. The Morgan fingerprint density at radius 3 is 2.57 bits per heavy atom. The number of benzene rings is 3. The van der Waals surface area contributed by atoms with Crippen molar-refractivity contribution in [1.29, 1.82) is 0 Å². The summed E-state index contributed by atoms with van der Waals surface area (Å²) in [6.07, 6.45) is 0. The number of nitrogens with zero attached hydrogens (tertiary/aromatic N) is 1. The largest absolute Gasteiger partial charge is 0.493 e. The average molecular weight is 390 g/mol. The van der Waals surface area contributed by atoms with Crippen LogP contribution in [0.4, 0.5) is 5.13 Å². The lowest BCUT2D eigenvalue weighted by molar-refractivity contribution is -0.118. The molecule has 1 heterocycles. The molecule has 1 aromatic heterocycles. The number of thiazole rings is 1. The third-order valence-electron chi connectivity index (χ3n) is 4.22. The molecule has 0 saturated heterocycles. The van der Waals surface area contributed by atoms with Crippen molar-refractivity contribution in [3.05, 3.63) is 72.1 Å². The van der Waals surface area contributed by atoms with Crippen molar-refractivity contribution in [2.45, 2.75) is 0 Å². The molecule has 28 heavy (non-hydrogen) atoms. The van der Waals surface area contributed by atoms with Gasteiger partial charge in [0, 0.05) is 10.9 Å². The summed E-state index contributed by atoms with van der Waals surface area (Å²) >= 11 is 1.38. The van der Waals surface area contributed by atoms with E-state index < -0.39 is 0 Å². The van der Waals surface area contributed by atoms with Crippen molar-refractivity contribution in [2.75, 3.05) is 19.0 Å². The van der Waals surface area contributed by atoms with Crippen molar-refractivity contribution in [2.24, 2.45) is 0 Å². The molecule has 1 amide bonds. The van der Waals surface area contributed by atoms with E-state index in [1.165, 1.54) is 16.7 Å². The SMILES string of the molecule is COc1ccccc1OCC(=O)Nc1nc(-c2ccc3ccccc3c2)cs1. The third kappa shape index (κ3) is 3.97. The first-order valence-electron chi connectivity index (χ1n) is 8.73. The molecule has 0 saturated carbocycles. The van der Waals surface area contributed by atoms with Crippen LogP contribution in [0.2, 0.25) is 0 Å². The van der Waals surface area contributed by atoms with E-state index >= 15 is 0 Å². The molecule has 4 rings (SSSR count). The number of hydrogen-bond donors (Lipinski definition) is 1. The van der Waals surface area contributed by atoms with Crippen LogP contribution in [-0.2, 0) is 4.79 Å². The zero-order valence-electron chi connectivity index (χ0n) is 15.2.